The van der Waals surface area contributed by atoms with Crippen molar-refractivity contribution in [2.45, 2.75) is 13.0 Å². The monoisotopic (exact) mass is 326 g/mol. The van der Waals surface area contributed by atoms with Gasteiger partial charge in [-0.05, 0) is 17.7 Å². The van der Waals surface area contributed by atoms with E-state index in [4.69, 9.17) is 4.74 Å². The number of aromatic nitrogens is 6. The van der Waals surface area contributed by atoms with Crippen LogP contribution in [0.4, 0.5) is 0 Å². The first-order valence-corrected chi connectivity index (χ1v) is 7.92. The SMILES string of the molecule is COc1ccc(Cc2nnc3sc(Cn4ccnc4)nn23)cc1. The summed E-state index contributed by atoms with van der Waals surface area (Å²) in [5.74, 6) is 1.68. The van der Waals surface area contributed by atoms with E-state index in [0.717, 1.165) is 27.1 Å². The minimum atomic E-state index is 0.680. The zero-order valence-electron chi connectivity index (χ0n) is 12.5. The van der Waals surface area contributed by atoms with Crippen LogP contribution in [-0.2, 0) is 13.0 Å². The fourth-order valence-corrected chi connectivity index (χ4v) is 3.19. The van der Waals surface area contributed by atoms with Crippen LogP contribution in [0.2, 0.25) is 0 Å². The van der Waals surface area contributed by atoms with Gasteiger partial charge in [0.15, 0.2) is 5.82 Å². The van der Waals surface area contributed by atoms with E-state index in [1.807, 2.05) is 39.5 Å². The number of hydrogen-bond donors (Lipinski definition) is 0. The zero-order valence-corrected chi connectivity index (χ0v) is 13.3. The van der Waals surface area contributed by atoms with Gasteiger partial charge in [0, 0.05) is 18.8 Å². The second kappa shape index (κ2) is 5.81. The van der Waals surface area contributed by atoms with Crippen molar-refractivity contribution in [1.29, 1.82) is 0 Å². The Balaban J connectivity index is 1.58. The molecule has 0 fully saturated rings. The molecule has 4 aromatic rings. The average molecular weight is 326 g/mol. The highest BCUT2D eigenvalue weighted by molar-refractivity contribution is 7.16. The Morgan fingerprint density at radius 2 is 2.04 bits per heavy atom. The molecule has 116 valence electrons. The largest absolute Gasteiger partial charge is 0.497 e. The Bertz CT molecular complexity index is 909. The summed E-state index contributed by atoms with van der Waals surface area (Å²) in [6, 6.07) is 7.94. The number of hydrogen-bond acceptors (Lipinski definition) is 6. The number of rotatable bonds is 5. The number of fused-ring (bicyclic) bond motifs is 1. The van der Waals surface area contributed by atoms with Crippen molar-refractivity contribution in [2.24, 2.45) is 0 Å². The molecule has 0 aliphatic carbocycles. The molecule has 0 saturated carbocycles. The summed E-state index contributed by atoms with van der Waals surface area (Å²) < 4.78 is 8.98. The molecule has 0 spiro atoms. The Morgan fingerprint density at radius 1 is 1.17 bits per heavy atom. The first-order valence-electron chi connectivity index (χ1n) is 7.10. The van der Waals surface area contributed by atoms with Gasteiger partial charge >= 0.3 is 0 Å². The van der Waals surface area contributed by atoms with Gasteiger partial charge in [-0.15, -0.1) is 10.2 Å². The number of benzene rings is 1. The van der Waals surface area contributed by atoms with Crippen LogP contribution in [-0.4, -0.2) is 36.5 Å². The molecule has 1 aromatic carbocycles. The van der Waals surface area contributed by atoms with E-state index in [1.54, 1.807) is 31.0 Å². The Kier molecular flexibility index (Phi) is 3.51. The lowest BCUT2D eigenvalue weighted by atomic mass is 10.1. The van der Waals surface area contributed by atoms with Crippen LogP contribution in [0.3, 0.4) is 0 Å². The van der Waals surface area contributed by atoms with Crippen molar-refractivity contribution in [3.05, 3.63) is 59.4 Å². The fourth-order valence-electron chi connectivity index (χ4n) is 2.33. The molecule has 0 N–H and O–H groups in total. The summed E-state index contributed by atoms with van der Waals surface area (Å²) in [6.07, 6.45) is 6.14. The van der Waals surface area contributed by atoms with Gasteiger partial charge in [-0.2, -0.15) is 9.61 Å². The molecule has 0 unspecified atom stereocenters. The molecule has 23 heavy (non-hydrogen) atoms. The molecule has 0 aliphatic rings. The standard InChI is InChI=1S/C15H14N6OS/c1-22-12-4-2-11(3-5-12)8-13-17-18-15-21(13)19-14(23-15)9-20-7-6-16-10-20/h2-7,10H,8-9H2,1H3. The molecule has 3 heterocycles. The molecule has 0 saturated heterocycles. The number of nitrogens with zero attached hydrogens (tertiary/aromatic N) is 6. The van der Waals surface area contributed by atoms with Crippen LogP contribution in [0.25, 0.3) is 4.96 Å². The van der Waals surface area contributed by atoms with E-state index in [-0.39, 0.29) is 0 Å². The summed E-state index contributed by atoms with van der Waals surface area (Å²) in [7, 11) is 1.66. The van der Waals surface area contributed by atoms with Gasteiger partial charge in [0.1, 0.15) is 10.8 Å². The smallest absolute Gasteiger partial charge is 0.234 e. The van der Waals surface area contributed by atoms with Crippen LogP contribution in [0, 0.1) is 0 Å². The quantitative estimate of drug-likeness (QED) is 0.561. The second-order valence-electron chi connectivity index (χ2n) is 5.07. The molecule has 4 rings (SSSR count). The van der Waals surface area contributed by atoms with Gasteiger partial charge in [0.05, 0.1) is 20.0 Å². The predicted octanol–water partition coefficient (Wildman–Crippen LogP) is 2.03. The maximum Gasteiger partial charge on any atom is 0.234 e. The third kappa shape index (κ3) is 2.80. The van der Waals surface area contributed by atoms with Gasteiger partial charge in [0.2, 0.25) is 4.96 Å². The number of methoxy groups -OCH3 is 1. The molecule has 0 amide bonds. The lowest BCUT2D eigenvalue weighted by Crippen LogP contribution is -2.00. The summed E-state index contributed by atoms with van der Waals surface area (Å²) in [5, 5.41) is 14.0. The first-order chi connectivity index (χ1) is 11.3. The third-order valence-corrected chi connectivity index (χ3v) is 4.38. The summed E-state index contributed by atoms with van der Waals surface area (Å²) >= 11 is 1.54. The highest BCUT2D eigenvalue weighted by Gasteiger charge is 2.12. The molecular formula is C15H14N6OS. The van der Waals surface area contributed by atoms with E-state index in [2.05, 4.69) is 20.3 Å². The Morgan fingerprint density at radius 3 is 2.78 bits per heavy atom. The third-order valence-electron chi connectivity index (χ3n) is 3.50. The van der Waals surface area contributed by atoms with Crippen LogP contribution in [0.1, 0.15) is 16.4 Å². The summed E-state index contributed by atoms with van der Waals surface area (Å²) in [6.45, 7) is 0.690. The van der Waals surface area contributed by atoms with Crippen molar-refractivity contribution in [2.75, 3.05) is 7.11 Å². The van der Waals surface area contributed by atoms with Crippen molar-refractivity contribution in [3.8, 4) is 5.75 Å². The molecule has 0 radical (unpaired) electrons. The minimum absolute atomic E-state index is 0.680. The molecule has 0 aliphatic heterocycles. The van der Waals surface area contributed by atoms with E-state index in [0.29, 0.717) is 13.0 Å². The lowest BCUT2D eigenvalue weighted by molar-refractivity contribution is 0.414. The van der Waals surface area contributed by atoms with Crippen molar-refractivity contribution in [3.63, 3.8) is 0 Å². The maximum absolute atomic E-state index is 5.18. The molecule has 0 bridgehead atoms. The zero-order chi connectivity index (χ0) is 15.6. The minimum Gasteiger partial charge on any atom is -0.497 e. The molecule has 7 nitrogen and oxygen atoms in total. The lowest BCUT2D eigenvalue weighted by Gasteiger charge is -2.01. The van der Waals surface area contributed by atoms with Gasteiger partial charge < -0.3 is 9.30 Å². The van der Waals surface area contributed by atoms with Crippen LogP contribution in [0.5, 0.6) is 5.75 Å². The predicted molar refractivity (Wildman–Crippen MR) is 85.8 cm³/mol. The number of imidazole rings is 1. The Labute approximate surface area is 136 Å². The van der Waals surface area contributed by atoms with Crippen LogP contribution in [0.15, 0.2) is 43.0 Å². The molecule has 3 aromatic heterocycles. The average Bonchev–Trinajstić information content (AvgIpc) is 3.28. The molecular weight excluding hydrogens is 312 g/mol. The maximum atomic E-state index is 5.18. The van der Waals surface area contributed by atoms with Crippen molar-refractivity contribution in [1.82, 2.24) is 29.4 Å². The van der Waals surface area contributed by atoms with Gasteiger partial charge in [-0.25, -0.2) is 4.98 Å². The number of ether oxygens (including phenoxy) is 1. The topological polar surface area (TPSA) is 70.1 Å². The van der Waals surface area contributed by atoms with Crippen LogP contribution < -0.4 is 4.74 Å². The van der Waals surface area contributed by atoms with E-state index < -0.39 is 0 Å². The van der Waals surface area contributed by atoms with Gasteiger partial charge in [-0.1, -0.05) is 23.5 Å². The van der Waals surface area contributed by atoms with E-state index >= 15 is 0 Å². The molecule has 0 atom stereocenters. The summed E-state index contributed by atoms with van der Waals surface area (Å²) in [5.41, 5.74) is 1.14. The highest BCUT2D eigenvalue weighted by atomic mass is 32.1. The molecule has 8 heteroatoms. The van der Waals surface area contributed by atoms with Crippen molar-refractivity contribution >= 4 is 16.3 Å². The first kappa shape index (κ1) is 13.9. The Hall–Kier alpha value is -2.74. The normalized spacial score (nSPS) is 11.2. The fraction of sp³-hybridized carbons (Fsp3) is 0.200. The second-order valence-corrected chi connectivity index (χ2v) is 6.11. The van der Waals surface area contributed by atoms with Gasteiger partial charge in [0.25, 0.3) is 0 Å². The van der Waals surface area contributed by atoms with Crippen molar-refractivity contribution < 1.29 is 4.74 Å². The highest BCUT2D eigenvalue weighted by Crippen LogP contribution is 2.18. The van der Waals surface area contributed by atoms with Crippen LogP contribution >= 0.6 is 11.3 Å². The summed E-state index contributed by atoms with van der Waals surface area (Å²) in [4.78, 5) is 4.85. The van der Waals surface area contributed by atoms with E-state index in [1.165, 1.54) is 0 Å². The van der Waals surface area contributed by atoms with Gasteiger partial charge in [-0.3, -0.25) is 0 Å². The van der Waals surface area contributed by atoms with E-state index in [9.17, 15) is 0 Å².